The summed E-state index contributed by atoms with van der Waals surface area (Å²) in [4.78, 5) is 39.6. The van der Waals surface area contributed by atoms with Gasteiger partial charge in [-0.25, -0.2) is 14.4 Å². The molecule has 0 aromatic carbocycles. The summed E-state index contributed by atoms with van der Waals surface area (Å²) in [5, 5.41) is 5.49. The van der Waals surface area contributed by atoms with Gasteiger partial charge >= 0.3 is 18.1 Å². The Morgan fingerprint density at radius 3 is 2.59 bits per heavy atom. The van der Waals surface area contributed by atoms with Gasteiger partial charge in [0.2, 0.25) is 0 Å². The van der Waals surface area contributed by atoms with E-state index in [1.54, 1.807) is 30.9 Å². The lowest BCUT2D eigenvalue weighted by molar-refractivity contribution is -0.899. The molecule has 10 nitrogen and oxygen atoms in total. The van der Waals surface area contributed by atoms with E-state index in [2.05, 4.69) is 10.6 Å². The monoisotopic (exact) mass is 407 g/mol. The van der Waals surface area contributed by atoms with E-state index in [9.17, 15) is 14.4 Å². The van der Waals surface area contributed by atoms with Gasteiger partial charge in [0.05, 0.1) is 56.9 Å². The van der Waals surface area contributed by atoms with E-state index < -0.39 is 18.0 Å². The van der Waals surface area contributed by atoms with Gasteiger partial charge in [0.1, 0.15) is 18.3 Å². The highest BCUT2D eigenvalue weighted by Crippen LogP contribution is 2.27. The number of nitrogens with zero attached hydrogens (tertiary/aromatic N) is 1. The van der Waals surface area contributed by atoms with E-state index in [1.807, 2.05) is 0 Å². The number of carbonyl (C=O) groups is 3. The maximum Gasteiger partial charge on any atom is 0.410 e. The molecule has 3 heterocycles. The van der Waals surface area contributed by atoms with Crippen LogP contribution in [-0.2, 0) is 14.3 Å². The molecule has 3 rings (SSSR count). The van der Waals surface area contributed by atoms with Crippen LogP contribution >= 0.6 is 0 Å². The number of rotatable bonds is 6. The fraction of sp³-hybridized carbons (Fsp3) is 0.526. The predicted molar refractivity (Wildman–Crippen MR) is 101 cm³/mol. The summed E-state index contributed by atoms with van der Waals surface area (Å²) < 4.78 is 15.7. The molecule has 0 aliphatic carbocycles. The largest absolute Gasteiger partial charge is 0.467 e. The molecule has 1 saturated heterocycles. The lowest BCUT2D eigenvalue weighted by Crippen LogP contribution is -3.15. The minimum Gasteiger partial charge on any atom is -0.467 e. The van der Waals surface area contributed by atoms with E-state index in [0.717, 1.165) is 4.90 Å². The molecule has 2 aliphatic rings. The molecule has 3 N–H and O–H groups in total. The van der Waals surface area contributed by atoms with Crippen molar-refractivity contribution in [2.24, 2.45) is 0 Å². The Kier molecular flexibility index (Phi) is 6.76. The van der Waals surface area contributed by atoms with Crippen LogP contribution in [0.2, 0.25) is 0 Å². The first-order valence-electron chi connectivity index (χ1n) is 9.79. The standard InChI is InChI=1S/C19H26N4O6/c1-3-27-17(24)15-13(20-18(25)21-16(15)14-6-5-11-29-14)12-22-7-9-23(10-8-22)19(26)28-4-2/h5-6,11,16H,3-4,7-10,12H2,1-2H3,(H2,20,21,25)/p+1/t16-/m1/s1. The summed E-state index contributed by atoms with van der Waals surface area (Å²) >= 11 is 0. The van der Waals surface area contributed by atoms with Gasteiger partial charge in [-0.1, -0.05) is 0 Å². The van der Waals surface area contributed by atoms with Crippen molar-refractivity contribution in [2.45, 2.75) is 19.9 Å². The highest BCUT2D eigenvalue weighted by molar-refractivity contribution is 5.95. The molecular formula is C19H27N4O6+. The maximum atomic E-state index is 12.7. The third kappa shape index (κ3) is 4.89. The lowest BCUT2D eigenvalue weighted by atomic mass is 9.99. The number of hydrogen-bond donors (Lipinski definition) is 3. The number of ether oxygens (including phenoxy) is 2. The van der Waals surface area contributed by atoms with Gasteiger partial charge in [-0.2, -0.15) is 0 Å². The molecule has 1 aromatic heterocycles. The zero-order chi connectivity index (χ0) is 20.8. The summed E-state index contributed by atoms with van der Waals surface area (Å²) in [6, 6.07) is 2.29. The third-order valence-electron chi connectivity index (χ3n) is 4.90. The van der Waals surface area contributed by atoms with Crippen molar-refractivity contribution in [1.82, 2.24) is 15.5 Å². The first-order chi connectivity index (χ1) is 14.0. The van der Waals surface area contributed by atoms with Crippen molar-refractivity contribution in [2.75, 3.05) is 45.9 Å². The number of amides is 3. The molecule has 0 spiro atoms. The van der Waals surface area contributed by atoms with Crippen LogP contribution < -0.4 is 15.5 Å². The normalized spacial score (nSPS) is 20.1. The minimum absolute atomic E-state index is 0.222. The van der Waals surface area contributed by atoms with Gasteiger partial charge in [-0.3, -0.25) is 4.90 Å². The second-order valence-corrected chi connectivity index (χ2v) is 6.77. The molecule has 2 aliphatic heterocycles. The second-order valence-electron chi connectivity index (χ2n) is 6.77. The topological polar surface area (TPSA) is 115 Å². The first-order valence-corrected chi connectivity index (χ1v) is 9.79. The van der Waals surface area contributed by atoms with Crippen LogP contribution in [0.25, 0.3) is 0 Å². The molecule has 158 valence electrons. The van der Waals surface area contributed by atoms with Gasteiger partial charge in [-0.05, 0) is 26.0 Å². The third-order valence-corrected chi connectivity index (χ3v) is 4.90. The van der Waals surface area contributed by atoms with Gasteiger partial charge in [0.15, 0.2) is 0 Å². The van der Waals surface area contributed by atoms with Crippen LogP contribution in [0, 0.1) is 0 Å². The van der Waals surface area contributed by atoms with E-state index in [4.69, 9.17) is 13.9 Å². The van der Waals surface area contributed by atoms with Crippen LogP contribution in [-0.4, -0.2) is 68.9 Å². The van der Waals surface area contributed by atoms with Crippen molar-refractivity contribution in [3.63, 3.8) is 0 Å². The zero-order valence-electron chi connectivity index (χ0n) is 16.7. The molecule has 29 heavy (non-hydrogen) atoms. The number of nitrogens with one attached hydrogen (secondary N) is 3. The minimum atomic E-state index is -0.715. The van der Waals surface area contributed by atoms with Crippen LogP contribution in [0.3, 0.4) is 0 Å². The maximum absolute atomic E-state index is 12.7. The number of esters is 1. The molecule has 0 saturated carbocycles. The van der Waals surface area contributed by atoms with Crippen LogP contribution in [0.4, 0.5) is 9.59 Å². The summed E-state index contributed by atoms with van der Waals surface area (Å²) in [5.74, 6) is -0.0384. The Hall–Kier alpha value is -3.01. The molecule has 1 fully saturated rings. The summed E-state index contributed by atoms with van der Waals surface area (Å²) in [6.07, 6.45) is 1.18. The predicted octanol–water partition coefficient (Wildman–Crippen LogP) is -0.192. The van der Waals surface area contributed by atoms with Crippen molar-refractivity contribution in [1.29, 1.82) is 0 Å². The fourth-order valence-electron chi connectivity index (χ4n) is 3.52. The first kappa shape index (κ1) is 20.7. The van der Waals surface area contributed by atoms with E-state index in [-0.39, 0.29) is 12.7 Å². The Balaban J connectivity index is 1.78. The summed E-state index contributed by atoms with van der Waals surface area (Å²) in [7, 11) is 0. The Bertz CT molecular complexity index is 768. The fourth-order valence-corrected chi connectivity index (χ4v) is 3.52. The van der Waals surface area contributed by atoms with Crippen molar-refractivity contribution in [3.8, 4) is 0 Å². The lowest BCUT2D eigenvalue weighted by Gasteiger charge is -2.34. The molecule has 0 bridgehead atoms. The smallest absolute Gasteiger partial charge is 0.410 e. The van der Waals surface area contributed by atoms with Crippen LogP contribution in [0.15, 0.2) is 34.1 Å². The molecular weight excluding hydrogens is 380 g/mol. The highest BCUT2D eigenvalue weighted by atomic mass is 16.6. The Morgan fingerprint density at radius 2 is 1.97 bits per heavy atom. The van der Waals surface area contributed by atoms with E-state index >= 15 is 0 Å². The number of quaternary nitrogens is 1. The summed E-state index contributed by atoms with van der Waals surface area (Å²) in [6.45, 7) is 6.94. The number of urea groups is 1. The number of carbonyl (C=O) groups excluding carboxylic acids is 3. The average Bonchev–Trinajstić information content (AvgIpc) is 3.23. The van der Waals surface area contributed by atoms with Crippen molar-refractivity contribution < 1.29 is 33.2 Å². The molecule has 0 unspecified atom stereocenters. The second kappa shape index (κ2) is 9.46. The van der Waals surface area contributed by atoms with E-state index in [1.165, 1.54) is 6.26 Å². The number of furan rings is 1. The number of piperazine rings is 1. The van der Waals surface area contributed by atoms with Crippen LogP contribution in [0.1, 0.15) is 25.6 Å². The van der Waals surface area contributed by atoms with E-state index in [0.29, 0.717) is 56.4 Å². The Labute approximate surface area is 168 Å². The summed E-state index contributed by atoms with van der Waals surface area (Å²) in [5.41, 5.74) is 0.843. The van der Waals surface area contributed by atoms with Gasteiger partial charge in [0.25, 0.3) is 0 Å². The van der Waals surface area contributed by atoms with Crippen molar-refractivity contribution >= 4 is 18.1 Å². The molecule has 0 radical (unpaired) electrons. The van der Waals surface area contributed by atoms with Gasteiger partial charge < -0.3 is 29.4 Å². The number of hydrogen-bond acceptors (Lipinski definition) is 6. The molecule has 1 atom stereocenters. The quantitative estimate of drug-likeness (QED) is 0.563. The highest BCUT2D eigenvalue weighted by Gasteiger charge is 2.37. The molecule has 10 heteroatoms. The SMILES string of the molecule is CCOC(=O)C1=C(C[NH+]2CCN(C(=O)OCC)CC2)NC(=O)N[C@@H]1c1ccco1. The van der Waals surface area contributed by atoms with Gasteiger partial charge in [-0.15, -0.1) is 0 Å². The average molecular weight is 407 g/mol. The van der Waals surface area contributed by atoms with Crippen LogP contribution in [0.5, 0.6) is 0 Å². The molecule has 1 aromatic rings. The Morgan fingerprint density at radius 1 is 1.24 bits per heavy atom. The van der Waals surface area contributed by atoms with Gasteiger partial charge in [0, 0.05) is 0 Å². The molecule has 3 amide bonds. The zero-order valence-corrected chi connectivity index (χ0v) is 16.7. The van der Waals surface area contributed by atoms with Crippen molar-refractivity contribution in [3.05, 3.63) is 35.4 Å².